The highest BCUT2D eigenvalue weighted by Gasteiger charge is 2.31. The fourth-order valence-electron chi connectivity index (χ4n) is 3.31. The molecule has 0 atom stereocenters. The second-order valence-electron chi connectivity index (χ2n) is 6.71. The van der Waals surface area contributed by atoms with E-state index >= 15 is 0 Å². The van der Waals surface area contributed by atoms with Crippen LogP contribution < -0.4 is 9.47 Å². The van der Waals surface area contributed by atoms with Crippen molar-refractivity contribution < 1.29 is 14.6 Å². The molecule has 3 aromatic carbocycles. The van der Waals surface area contributed by atoms with Crippen LogP contribution >= 0.6 is 0 Å². The number of aromatic hydroxyl groups is 1. The maximum Gasteiger partial charge on any atom is 0.148 e. The zero-order chi connectivity index (χ0) is 20.7. The van der Waals surface area contributed by atoms with Crippen LogP contribution in [0.5, 0.6) is 17.2 Å². The fourth-order valence-corrected chi connectivity index (χ4v) is 3.31. The lowest BCUT2D eigenvalue weighted by molar-refractivity contribution is 0.370. The summed E-state index contributed by atoms with van der Waals surface area (Å²) >= 11 is 0. The molecular formula is C26H22O3. The van der Waals surface area contributed by atoms with E-state index in [4.69, 9.17) is 22.3 Å². The Morgan fingerprint density at radius 1 is 0.690 bits per heavy atom. The smallest absolute Gasteiger partial charge is 0.148 e. The maximum absolute atomic E-state index is 9.74. The van der Waals surface area contributed by atoms with E-state index in [2.05, 4.69) is 18.8 Å². The van der Waals surface area contributed by atoms with Crippen molar-refractivity contribution in [1.29, 1.82) is 0 Å². The van der Waals surface area contributed by atoms with Crippen molar-refractivity contribution in [3.8, 4) is 41.9 Å². The van der Waals surface area contributed by atoms with Gasteiger partial charge in [-0.25, -0.2) is 0 Å². The number of ether oxygens (including phenoxy) is 2. The molecule has 0 heterocycles. The zero-order valence-corrected chi connectivity index (χ0v) is 16.3. The Labute approximate surface area is 171 Å². The predicted molar refractivity (Wildman–Crippen MR) is 115 cm³/mol. The normalized spacial score (nSPS) is 10.6. The molecule has 0 spiro atoms. The molecule has 0 bridgehead atoms. The Morgan fingerprint density at radius 3 is 1.38 bits per heavy atom. The molecule has 1 N–H and O–H groups in total. The van der Waals surface area contributed by atoms with Gasteiger partial charge in [0.05, 0.1) is 0 Å². The highest BCUT2D eigenvalue weighted by atomic mass is 16.5. The van der Waals surface area contributed by atoms with Crippen LogP contribution in [0.15, 0.2) is 72.8 Å². The Hall–Kier alpha value is -3.82. The third kappa shape index (κ3) is 4.37. The molecule has 3 aromatic rings. The monoisotopic (exact) mass is 382 g/mol. The van der Waals surface area contributed by atoms with Gasteiger partial charge >= 0.3 is 0 Å². The van der Waals surface area contributed by atoms with Crippen molar-refractivity contribution in [2.75, 3.05) is 13.2 Å². The number of phenolic OH excluding ortho intramolecular Hbond substituents is 1. The van der Waals surface area contributed by atoms with Crippen molar-refractivity contribution in [3.63, 3.8) is 0 Å². The van der Waals surface area contributed by atoms with E-state index in [1.165, 1.54) is 0 Å². The summed E-state index contributed by atoms with van der Waals surface area (Å²) in [4.78, 5) is 0. The fraction of sp³-hybridized carbons (Fsp3) is 0.154. The molecule has 0 unspecified atom stereocenters. The lowest BCUT2D eigenvalue weighted by Gasteiger charge is -2.32. The van der Waals surface area contributed by atoms with Crippen LogP contribution in [0.1, 0.15) is 23.6 Å². The number of hydrogen-bond donors (Lipinski definition) is 1. The van der Waals surface area contributed by atoms with Gasteiger partial charge in [0.2, 0.25) is 0 Å². The van der Waals surface area contributed by atoms with Crippen LogP contribution in [0.25, 0.3) is 0 Å². The molecule has 0 radical (unpaired) electrons. The van der Waals surface area contributed by atoms with E-state index in [0.29, 0.717) is 0 Å². The summed E-state index contributed by atoms with van der Waals surface area (Å²) in [6, 6.07) is 23.0. The number of terminal acetylenes is 2. The standard InChI is InChI=1S/C26H22O3/c1-4-18-28-24-14-8-21(9-15-24)26(3,20-6-12-23(27)13-7-20)22-10-16-25(17-11-22)29-19-5-2/h1-2,6-17,27H,18-19H2,3H3. The highest BCUT2D eigenvalue weighted by molar-refractivity contribution is 5.52. The first-order chi connectivity index (χ1) is 14.1. The van der Waals surface area contributed by atoms with Gasteiger partial charge in [-0.15, -0.1) is 12.8 Å². The molecule has 0 aromatic heterocycles. The lowest BCUT2D eigenvalue weighted by Crippen LogP contribution is -2.25. The molecule has 29 heavy (non-hydrogen) atoms. The van der Waals surface area contributed by atoms with Crippen LogP contribution in [0, 0.1) is 24.7 Å². The summed E-state index contributed by atoms with van der Waals surface area (Å²) in [6.45, 7) is 2.61. The predicted octanol–water partition coefficient (Wildman–Crippen LogP) is 4.77. The van der Waals surface area contributed by atoms with Crippen molar-refractivity contribution >= 4 is 0 Å². The van der Waals surface area contributed by atoms with Gasteiger partial charge in [-0.2, -0.15) is 0 Å². The van der Waals surface area contributed by atoms with Crippen LogP contribution in [-0.4, -0.2) is 18.3 Å². The van der Waals surface area contributed by atoms with E-state index in [0.717, 1.165) is 28.2 Å². The van der Waals surface area contributed by atoms with Gasteiger partial charge in [-0.3, -0.25) is 0 Å². The molecule has 0 amide bonds. The van der Waals surface area contributed by atoms with Crippen LogP contribution in [0.4, 0.5) is 0 Å². The Balaban J connectivity index is 2.04. The van der Waals surface area contributed by atoms with Gasteiger partial charge in [0.25, 0.3) is 0 Å². The first-order valence-electron chi connectivity index (χ1n) is 9.21. The molecule has 3 rings (SSSR count). The van der Waals surface area contributed by atoms with E-state index in [1.54, 1.807) is 12.1 Å². The largest absolute Gasteiger partial charge is 0.508 e. The number of benzene rings is 3. The summed E-state index contributed by atoms with van der Waals surface area (Å²) in [5.41, 5.74) is 2.75. The van der Waals surface area contributed by atoms with Crippen molar-refractivity contribution in [2.24, 2.45) is 0 Å². The van der Waals surface area contributed by atoms with Gasteiger partial charge < -0.3 is 14.6 Å². The molecule has 144 valence electrons. The average Bonchev–Trinajstić information content (AvgIpc) is 2.77. The van der Waals surface area contributed by atoms with Crippen molar-refractivity contribution in [1.82, 2.24) is 0 Å². The highest BCUT2D eigenvalue weighted by Crippen LogP contribution is 2.40. The molecule has 3 nitrogen and oxygen atoms in total. The minimum absolute atomic E-state index is 0.229. The molecule has 0 fully saturated rings. The molecule has 0 aliphatic heterocycles. The molecule has 0 saturated heterocycles. The summed E-state index contributed by atoms with van der Waals surface area (Å²) < 4.78 is 11.0. The topological polar surface area (TPSA) is 38.7 Å². The SMILES string of the molecule is C#CCOc1ccc(C(C)(c2ccc(O)cc2)c2ccc(OCC#C)cc2)cc1. The second kappa shape index (κ2) is 8.91. The molecule has 0 saturated carbocycles. The van der Waals surface area contributed by atoms with E-state index in [1.807, 2.05) is 60.7 Å². The minimum Gasteiger partial charge on any atom is -0.508 e. The van der Waals surface area contributed by atoms with Gasteiger partial charge in [-0.05, 0) is 60.0 Å². The van der Waals surface area contributed by atoms with E-state index < -0.39 is 5.41 Å². The summed E-state index contributed by atoms with van der Waals surface area (Å²) in [6.07, 6.45) is 10.5. The molecule has 3 heteroatoms. The molecule has 0 aliphatic carbocycles. The number of phenols is 1. The van der Waals surface area contributed by atoms with E-state index in [9.17, 15) is 5.11 Å². The first-order valence-corrected chi connectivity index (χ1v) is 9.21. The third-order valence-electron chi connectivity index (χ3n) is 4.95. The Kier molecular flexibility index (Phi) is 6.12. The van der Waals surface area contributed by atoms with Crippen molar-refractivity contribution in [2.45, 2.75) is 12.3 Å². The zero-order valence-electron chi connectivity index (χ0n) is 16.3. The number of hydrogen-bond acceptors (Lipinski definition) is 3. The summed E-state index contributed by atoms with van der Waals surface area (Å²) in [5.74, 6) is 6.60. The van der Waals surface area contributed by atoms with Crippen LogP contribution in [-0.2, 0) is 5.41 Å². The Bertz CT molecular complexity index is 956. The Morgan fingerprint density at radius 2 is 1.03 bits per heavy atom. The first kappa shape index (κ1) is 19.9. The second-order valence-corrected chi connectivity index (χ2v) is 6.71. The van der Waals surface area contributed by atoms with E-state index in [-0.39, 0.29) is 19.0 Å². The molecular weight excluding hydrogens is 360 g/mol. The summed E-state index contributed by atoms with van der Waals surface area (Å²) in [5, 5.41) is 9.74. The maximum atomic E-state index is 9.74. The minimum atomic E-state index is -0.455. The lowest BCUT2D eigenvalue weighted by atomic mass is 9.71. The van der Waals surface area contributed by atoms with Gasteiger partial charge in [0, 0.05) is 5.41 Å². The van der Waals surface area contributed by atoms with Gasteiger partial charge in [0.1, 0.15) is 30.5 Å². The molecule has 0 aliphatic rings. The van der Waals surface area contributed by atoms with Crippen LogP contribution in [0.3, 0.4) is 0 Å². The third-order valence-corrected chi connectivity index (χ3v) is 4.95. The van der Waals surface area contributed by atoms with Crippen molar-refractivity contribution in [3.05, 3.63) is 89.5 Å². The number of rotatable bonds is 7. The van der Waals surface area contributed by atoms with Gasteiger partial charge in [-0.1, -0.05) is 48.2 Å². The average molecular weight is 382 g/mol. The van der Waals surface area contributed by atoms with Gasteiger partial charge in [0.15, 0.2) is 0 Å². The quantitative estimate of drug-likeness (QED) is 0.473. The van der Waals surface area contributed by atoms with Crippen LogP contribution in [0.2, 0.25) is 0 Å². The summed E-state index contributed by atoms with van der Waals surface area (Å²) in [7, 11) is 0.